The Morgan fingerprint density at radius 3 is 2.52 bits per heavy atom. The topological polar surface area (TPSA) is 101 Å². The first kappa shape index (κ1) is 17.4. The van der Waals surface area contributed by atoms with Crippen molar-refractivity contribution in [3.63, 3.8) is 0 Å². The fourth-order valence-electron chi connectivity index (χ4n) is 1.61. The predicted octanol–water partition coefficient (Wildman–Crippen LogP) is 2.35. The Balaban J connectivity index is 3.19. The summed E-state index contributed by atoms with van der Waals surface area (Å²) in [4.78, 5) is 10.0. The van der Waals surface area contributed by atoms with E-state index in [1.807, 2.05) is 20.8 Å². The van der Waals surface area contributed by atoms with Crippen LogP contribution in [-0.4, -0.2) is 26.4 Å². The van der Waals surface area contributed by atoms with Crippen LogP contribution in [0.4, 0.5) is 11.4 Å². The van der Waals surface area contributed by atoms with Gasteiger partial charge in [-0.25, -0.2) is 13.1 Å². The van der Waals surface area contributed by atoms with Gasteiger partial charge in [0.15, 0.2) is 4.90 Å². The molecule has 7 nitrogen and oxygen atoms in total. The number of hydrogen-bond donors (Lipinski definition) is 2. The first-order valence-corrected chi connectivity index (χ1v) is 8.28. The van der Waals surface area contributed by atoms with Crippen molar-refractivity contribution in [1.29, 1.82) is 0 Å². The molecule has 21 heavy (non-hydrogen) atoms. The number of rotatable bonds is 8. The summed E-state index contributed by atoms with van der Waals surface area (Å²) in [5.74, 6) is 0.111. The Morgan fingerprint density at radius 1 is 1.33 bits per heavy atom. The van der Waals surface area contributed by atoms with Crippen LogP contribution in [-0.2, 0) is 10.0 Å². The molecular weight excluding hydrogens is 294 g/mol. The van der Waals surface area contributed by atoms with E-state index in [0.29, 0.717) is 12.2 Å². The summed E-state index contributed by atoms with van der Waals surface area (Å²) in [5.41, 5.74) is 0.126. The third kappa shape index (κ3) is 4.98. The number of nitro groups is 1. The molecule has 1 aromatic rings. The van der Waals surface area contributed by atoms with Crippen LogP contribution >= 0.6 is 0 Å². The molecular formula is C13H21N3O4S. The molecule has 0 saturated heterocycles. The first-order chi connectivity index (χ1) is 9.77. The number of hydrogen-bond acceptors (Lipinski definition) is 5. The van der Waals surface area contributed by atoms with Gasteiger partial charge >= 0.3 is 0 Å². The fraction of sp³-hybridized carbons (Fsp3) is 0.538. The largest absolute Gasteiger partial charge is 0.385 e. The standard InChI is InChI=1S/C13H21N3O4S/c1-4-7-14-11-5-6-12(16(17)18)13(8-11)21(19,20)15-9-10(2)3/h5-6,8,10,14-15H,4,7,9H2,1-3H3. The van der Waals surface area contributed by atoms with Crippen LogP contribution < -0.4 is 10.0 Å². The molecule has 0 amide bonds. The van der Waals surface area contributed by atoms with Crippen LogP contribution in [0.5, 0.6) is 0 Å². The lowest BCUT2D eigenvalue weighted by molar-refractivity contribution is -0.387. The van der Waals surface area contributed by atoms with Crippen LogP contribution in [0.25, 0.3) is 0 Å². The van der Waals surface area contributed by atoms with E-state index in [2.05, 4.69) is 10.0 Å². The van der Waals surface area contributed by atoms with Gasteiger partial charge in [-0.2, -0.15) is 0 Å². The summed E-state index contributed by atoms with van der Waals surface area (Å²) in [7, 11) is -3.91. The average Bonchev–Trinajstić information content (AvgIpc) is 2.42. The molecule has 0 bridgehead atoms. The van der Waals surface area contributed by atoms with Gasteiger partial charge in [0.1, 0.15) is 0 Å². The van der Waals surface area contributed by atoms with E-state index in [1.165, 1.54) is 18.2 Å². The highest BCUT2D eigenvalue weighted by Gasteiger charge is 2.26. The zero-order valence-corrected chi connectivity index (χ0v) is 13.2. The smallest absolute Gasteiger partial charge is 0.289 e. The van der Waals surface area contributed by atoms with E-state index in [0.717, 1.165) is 6.42 Å². The predicted molar refractivity (Wildman–Crippen MR) is 81.9 cm³/mol. The Kier molecular flexibility index (Phi) is 6.10. The van der Waals surface area contributed by atoms with Gasteiger partial charge < -0.3 is 5.32 Å². The van der Waals surface area contributed by atoms with Gasteiger partial charge in [0.05, 0.1) is 4.92 Å². The van der Waals surface area contributed by atoms with Gasteiger partial charge in [-0.05, 0) is 24.5 Å². The number of anilines is 1. The second-order valence-corrected chi connectivity index (χ2v) is 6.85. The molecule has 0 spiro atoms. The number of benzene rings is 1. The highest BCUT2D eigenvalue weighted by atomic mass is 32.2. The summed E-state index contributed by atoms with van der Waals surface area (Å²) >= 11 is 0. The molecule has 0 aromatic heterocycles. The zero-order chi connectivity index (χ0) is 16.0. The van der Waals surface area contributed by atoms with Crippen molar-refractivity contribution in [2.75, 3.05) is 18.4 Å². The summed E-state index contributed by atoms with van der Waals surface area (Å²) in [5, 5.41) is 14.0. The molecule has 8 heteroatoms. The molecule has 0 atom stereocenters. The molecule has 0 aliphatic rings. The minimum atomic E-state index is -3.91. The molecule has 118 valence electrons. The fourth-order valence-corrected chi connectivity index (χ4v) is 3.02. The molecule has 1 aromatic carbocycles. The van der Waals surface area contributed by atoms with Crippen LogP contribution in [0.15, 0.2) is 23.1 Å². The van der Waals surface area contributed by atoms with Gasteiger partial charge in [0.25, 0.3) is 5.69 Å². The Labute approximate surface area is 124 Å². The van der Waals surface area contributed by atoms with Crippen LogP contribution in [0.1, 0.15) is 27.2 Å². The van der Waals surface area contributed by atoms with E-state index < -0.39 is 20.6 Å². The number of nitrogens with zero attached hydrogens (tertiary/aromatic N) is 1. The van der Waals surface area contributed by atoms with Crippen LogP contribution in [0.2, 0.25) is 0 Å². The highest BCUT2D eigenvalue weighted by Crippen LogP contribution is 2.27. The quantitative estimate of drug-likeness (QED) is 0.566. The number of nitrogens with one attached hydrogen (secondary N) is 2. The van der Waals surface area contributed by atoms with Gasteiger partial charge in [-0.1, -0.05) is 20.8 Å². The van der Waals surface area contributed by atoms with Gasteiger partial charge in [0.2, 0.25) is 10.0 Å². The monoisotopic (exact) mass is 315 g/mol. The summed E-state index contributed by atoms with van der Waals surface area (Å²) < 4.78 is 26.9. The Hall–Kier alpha value is -1.67. The SMILES string of the molecule is CCCNc1ccc([N+](=O)[O-])c(S(=O)(=O)NCC(C)C)c1. The third-order valence-electron chi connectivity index (χ3n) is 2.71. The maximum Gasteiger partial charge on any atom is 0.289 e. The summed E-state index contributed by atoms with van der Waals surface area (Å²) in [6.07, 6.45) is 0.866. The van der Waals surface area contributed by atoms with E-state index in [1.54, 1.807) is 0 Å². The molecule has 0 aliphatic carbocycles. The molecule has 1 rings (SSSR count). The van der Waals surface area contributed by atoms with E-state index in [4.69, 9.17) is 0 Å². The molecule has 0 saturated carbocycles. The average molecular weight is 315 g/mol. The third-order valence-corrected chi connectivity index (χ3v) is 4.16. The van der Waals surface area contributed by atoms with Crippen molar-refractivity contribution >= 4 is 21.4 Å². The first-order valence-electron chi connectivity index (χ1n) is 6.80. The molecule has 0 heterocycles. The van der Waals surface area contributed by atoms with Crippen LogP contribution in [0.3, 0.4) is 0 Å². The second-order valence-electron chi connectivity index (χ2n) is 5.11. The van der Waals surface area contributed by atoms with Crippen molar-refractivity contribution in [3.8, 4) is 0 Å². The van der Waals surface area contributed by atoms with Crippen LogP contribution in [0, 0.1) is 16.0 Å². The van der Waals surface area contributed by atoms with Crippen molar-refractivity contribution in [1.82, 2.24) is 4.72 Å². The Morgan fingerprint density at radius 2 is 2.00 bits per heavy atom. The number of sulfonamides is 1. The van der Waals surface area contributed by atoms with Crippen molar-refractivity contribution in [3.05, 3.63) is 28.3 Å². The molecule has 0 unspecified atom stereocenters. The minimum absolute atomic E-state index is 0.111. The van der Waals surface area contributed by atoms with E-state index in [9.17, 15) is 18.5 Å². The van der Waals surface area contributed by atoms with Crippen molar-refractivity contribution < 1.29 is 13.3 Å². The number of nitro benzene ring substituents is 1. The molecule has 0 fully saturated rings. The highest BCUT2D eigenvalue weighted by molar-refractivity contribution is 7.89. The molecule has 0 aliphatic heterocycles. The summed E-state index contributed by atoms with van der Waals surface area (Å²) in [6, 6.07) is 4.02. The molecule has 2 N–H and O–H groups in total. The van der Waals surface area contributed by atoms with Gasteiger partial charge in [-0.15, -0.1) is 0 Å². The zero-order valence-electron chi connectivity index (χ0n) is 12.4. The minimum Gasteiger partial charge on any atom is -0.385 e. The lowest BCUT2D eigenvalue weighted by Gasteiger charge is -2.11. The lowest BCUT2D eigenvalue weighted by Crippen LogP contribution is -2.28. The van der Waals surface area contributed by atoms with Crippen molar-refractivity contribution in [2.45, 2.75) is 32.1 Å². The maximum atomic E-state index is 12.2. The lowest BCUT2D eigenvalue weighted by atomic mass is 10.2. The van der Waals surface area contributed by atoms with Gasteiger partial charge in [-0.3, -0.25) is 10.1 Å². The summed E-state index contributed by atoms with van der Waals surface area (Å²) in [6.45, 7) is 6.58. The van der Waals surface area contributed by atoms with Crippen molar-refractivity contribution in [2.24, 2.45) is 5.92 Å². The molecule has 0 radical (unpaired) electrons. The maximum absolute atomic E-state index is 12.2. The van der Waals surface area contributed by atoms with E-state index in [-0.39, 0.29) is 17.4 Å². The second kappa shape index (κ2) is 7.37. The normalized spacial score (nSPS) is 11.6. The van der Waals surface area contributed by atoms with Gasteiger partial charge in [0, 0.05) is 24.8 Å². The van der Waals surface area contributed by atoms with E-state index >= 15 is 0 Å². The Bertz CT molecular complexity index is 599.